The van der Waals surface area contributed by atoms with E-state index in [2.05, 4.69) is 16.8 Å². The molecule has 10 heavy (non-hydrogen) atoms. The molecule has 0 bridgehead atoms. The molecule has 0 aromatic rings. The summed E-state index contributed by atoms with van der Waals surface area (Å²) in [6, 6.07) is 0. The highest BCUT2D eigenvalue weighted by Gasteiger charge is 1.50. The van der Waals surface area contributed by atoms with Gasteiger partial charge in [0, 0.05) is 0 Å². The molecule has 0 aliphatic carbocycles. The zero-order valence-corrected chi connectivity index (χ0v) is 6.12. The number of aliphatic hydroxyl groups excluding tert-OH is 3. The summed E-state index contributed by atoms with van der Waals surface area (Å²) in [5.41, 5.74) is 8.81. The summed E-state index contributed by atoms with van der Waals surface area (Å²) in [7, 11) is 1.68. The smallest absolute Gasteiger partial charge is 0.0929 e. The molecular formula is C4H17N3O3. The molecule has 6 nitrogen and oxygen atoms in total. The molecule has 0 aromatic heterocycles. The molecule has 0 aliphatic rings. The Labute approximate surface area is 60.5 Å². The molecule has 6 heteroatoms. The van der Waals surface area contributed by atoms with E-state index in [-0.39, 0.29) is 20.2 Å². The monoisotopic (exact) mass is 155 g/mol. The van der Waals surface area contributed by atoms with Gasteiger partial charge in [-0.3, -0.25) is 5.32 Å². The van der Waals surface area contributed by atoms with Crippen LogP contribution in [0.3, 0.4) is 0 Å². The van der Waals surface area contributed by atoms with E-state index < -0.39 is 0 Å². The summed E-state index contributed by atoms with van der Waals surface area (Å²) in [5.74, 6) is 0. The quantitative estimate of drug-likeness (QED) is 0.223. The fourth-order valence-corrected chi connectivity index (χ4v) is 0. The van der Waals surface area contributed by atoms with Crippen molar-refractivity contribution < 1.29 is 15.3 Å². The molecule has 0 saturated heterocycles. The van der Waals surface area contributed by atoms with Crippen LogP contribution in [-0.4, -0.2) is 42.6 Å². The second kappa shape index (κ2) is 37.3. The van der Waals surface area contributed by atoms with E-state index in [1.807, 2.05) is 0 Å². The predicted octanol–water partition coefficient (Wildman–Crippen LogP) is -3.05. The first kappa shape index (κ1) is 16.4. The number of nitrogens with one attached hydrogen (secondary N) is 1. The number of hydrogen-bond donors (Lipinski definition) is 6. The molecule has 0 fully saturated rings. The van der Waals surface area contributed by atoms with Gasteiger partial charge in [-0.2, -0.15) is 0 Å². The lowest BCUT2D eigenvalue weighted by Gasteiger charge is -1.76. The largest absolute Gasteiger partial charge is 0.382 e. The third-order valence-corrected chi connectivity index (χ3v) is 0.158. The van der Waals surface area contributed by atoms with Crippen molar-refractivity contribution in [2.75, 3.05) is 27.2 Å². The molecule has 0 aliphatic heterocycles. The van der Waals surface area contributed by atoms with Crippen molar-refractivity contribution in [2.24, 2.45) is 11.5 Å². The van der Waals surface area contributed by atoms with E-state index in [1.54, 1.807) is 7.05 Å². The van der Waals surface area contributed by atoms with Crippen molar-refractivity contribution in [2.45, 2.75) is 0 Å². The lowest BCUT2D eigenvalue weighted by Crippen LogP contribution is -2.04. The molecule has 0 amide bonds. The zero-order valence-electron chi connectivity index (χ0n) is 6.12. The van der Waals surface area contributed by atoms with Gasteiger partial charge < -0.3 is 26.8 Å². The van der Waals surface area contributed by atoms with E-state index >= 15 is 0 Å². The van der Waals surface area contributed by atoms with Gasteiger partial charge in [-0.1, -0.05) is 0 Å². The van der Waals surface area contributed by atoms with Crippen LogP contribution in [0.4, 0.5) is 0 Å². The Hall–Kier alpha value is -0.240. The molecule has 8 N–H and O–H groups in total. The first-order chi connectivity index (χ1) is 4.74. The maximum absolute atomic E-state index is 7.76. The normalized spacial score (nSPS) is 6.60. The highest BCUT2D eigenvalue weighted by molar-refractivity contribution is 4.02. The van der Waals surface area contributed by atoms with Gasteiger partial charge in [-0.25, -0.2) is 0 Å². The van der Waals surface area contributed by atoms with Crippen LogP contribution in [0.1, 0.15) is 0 Å². The molecule has 0 rings (SSSR count). The highest BCUT2D eigenvalue weighted by Crippen LogP contribution is 1.24. The summed E-state index contributed by atoms with van der Waals surface area (Å²) in [4.78, 5) is 0. The fraction of sp³-hybridized carbons (Fsp3) is 1.00. The molecule has 0 spiro atoms. The van der Waals surface area contributed by atoms with Crippen molar-refractivity contribution in [1.29, 1.82) is 0 Å². The molecule has 0 saturated carbocycles. The minimum Gasteiger partial charge on any atom is -0.382 e. The van der Waals surface area contributed by atoms with Gasteiger partial charge in [0.25, 0.3) is 0 Å². The van der Waals surface area contributed by atoms with Crippen molar-refractivity contribution in [3.05, 3.63) is 0 Å². The Morgan fingerprint density at radius 3 is 1.20 bits per heavy atom. The number of rotatable bonds is 1. The lowest BCUT2D eigenvalue weighted by molar-refractivity contribution is 0.273. The van der Waals surface area contributed by atoms with Crippen LogP contribution < -0.4 is 16.8 Å². The second-order valence-corrected chi connectivity index (χ2v) is 0.877. The minimum atomic E-state index is -0.250. The van der Waals surface area contributed by atoms with E-state index in [0.29, 0.717) is 0 Å². The summed E-state index contributed by atoms with van der Waals surface area (Å²) >= 11 is 0. The van der Waals surface area contributed by atoms with Crippen LogP contribution in [0.15, 0.2) is 0 Å². The Bertz CT molecular complexity index is 27.7. The first-order valence-electron chi connectivity index (χ1n) is 2.62. The molecule has 0 radical (unpaired) electrons. The second-order valence-electron chi connectivity index (χ2n) is 0.877. The van der Waals surface area contributed by atoms with Gasteiger partial charge in [0.15, 0.2) is 0 Å². The molecule has 0 heterocycles. The molecule has 0 aromatic carbocycles. The summed E-state index contributed by atoms with van der Waals surface area (Å²) in [6.45, 7) is -0.431. The summed E-state index contributed by atoms with van der Waals surface area (Å²) in [6.07, 6.45) is 0. The maximum Gasteiger partial charge on any atom is 0.0929 e. The van der Waals surface area contributed by atoms with Gasteiger partial charge >= 0.3 is 0 Å². The first-order valence-corrected chi connectivity index (χ1v) is 2.62. The minimum absolute atomic E-state index is 0.0694. The zero-order chi connectivity index (χ0) is 8.83. The standard InChI is InChI=1S/C2H7NO.2CH5NO/c1-3-2-4;2*2-1-3/h3-4H,2H2,1H3;2*3H,1-2H2. The topological polar surface area (TPSA) is 125 Å². The Balaban J connectivity index is -0.0000000750. The van der Waals surface area contributed by atoms with Crippen molar-refractivity contribution in [1.82, 2.24) is 5.32 Å². The van der Waals surface area contributed by atoms with Crippen LogP contribution in [-0.2, 0) is 0 Å². The SMILES string of the molecule is CNCO.NCO.NCO. The van der Waals surface area contributed by atoms with Crippen LogP contribution in [0, 0.1) is 0 Å². The average molecular weight is 155 g/mol. The van der Waals surface area contributed by atoms with Crippen molar-refractivity contribution in [3.8, 4) is 0 Å². The van der Waals surface area contributed by atoms with E-state index in [9.17, 15) is 0 Å². The van der Waals surface area contributed by atoms with Gasteiger partial charge in [0.05, 0.1) is 20.2 Å². The van der Waals surface area contributed by atoms with Crippen molar-refractivity contribution in [3.63, 3.8) is 0 Å². The molecule has 66 valence electrons. The van der Waals surface area contributed by atoms with Crippen LogP contribution in [0.5, 0.6) is 0 Å². The molecule has 0 atom stereocenters. The van der Waals surface area contributed by atoms with E-state index in [1.165, 1.54) is 0 Å². The van der Waals surface area contributed by atoms with Gasteiger partial charge in [0.1, 0.15) is 0 Å². The third kappa shape index (κ3) is 614. The highest BCUT2D eigenvalue weighted by atomic mass is 16.3. The van der Waals surface area contributed by atoms with Crippen LogP contribution >= 0.6 is 0 Å². The van der Waals surface area contributed by atoms with E-state index in [4.69, 9.17) is 15.3 Å². The number of nitrogens with two attached hydrogens (primary N) is 2. The molecular weight excluding hydrogens is 138 g/mol. The predicted molar refractivity (Wildman–Crippen MR) is 38.7 cm³/mol. The average Bonchev–Trinajstić information content (AvgIpc) is 1.91. The maximum atomic E-state index is 7.76. The lowest BCUT2D eigenvalue weighted by atomic mass is 11.2. The van der Waals surface area contributed by atoms with Gasteiger partial charge in [0.2, 0.25) is 0 Å². The number of aliphatic hydroxyl groups is 3. The molecule has 0 unspecified atom stereocenters. The Morgan fingerprint density at radius 2 is 1.20 bits per heavy atom. The third-order valence-electron chi connectivity index (χ3n) is 0.158. The van der Waals surface area contributed by atoms with Gasteiger partial charge in [-0.05, 0) is 7.05 Å². The van der Waals surface area contributed by atoms with Crippen LogP contribution in [0.2, 0.25) is 0 Å². The Morgan fingerprint density at radius 1 is 1.10 bits per heavy atom. The van der Waals surface area contributed by atoms with Crippen molar-refractivity contribution >= 4 is 0 Å². The Kier molecular flexibility index (Phi) is 61.2. The fourth-order valence-electron chi connectivity index (χ4n) is 0. The summed E-state index contributed by atoms with van der Waals surface area (Å²) < 4.78 is 0. The summed E-state index contributed by atoms with van der Waals surface area (Å²) in [5, 5.41) is 24.9. The van der Waals surface area contributed by atoms with E-state index in [0.717, 1.165) is 0 Å². The van der Waals surface area contributed by atoms with Gasteiger partial charge in [-0.15, -0.1) is 0 Å². The van der Waals surface area contributed by atoms with Crippen LogP contribution in [0.25, 0.3) is 0 Å². The number of hydrogen-bond acceptors (Lipinski definition) is 6.